The van der Waals surface area contributed by atoms with E-state index in [0.29, 0.717) is 11.5 Å². The van der Waals surface area contributed by atoms with Crippen molar-refractivity contribution in [3.8, 4) is 0 Å². The van der Waals surface area contributed by atoms with Gasteiger partial charge in [-0.15, -0.1) is 0 Å². The van der Waals surface area contributed by atoms with Crippen molar-refractivity contribution in [2.75, 3.05) is 0 Å². The average molecular weight is 199 g/mol. The second kappa shape index (κ2) is 3.44. The van der Waals surface area contributed by atoms with E-state index in [-0.39, 0.29) is 6.09 Å². The van der Waals surface area contributed by atoms with E-state index in [9.17, 15) is 4.79 Å². The average Bonchev–Trinajstić information content (AvgIpc) is 2.58. The van der Waals surface area contributed by atoms with Crippen LogP contribution in [-0.4, -0.2) is 17.7 Å². The van der Waals surface area contributed by atoms with Crippen LogP contribution in [0.3, 0.4) is 0 Å². The Balaban J connectivity index is 2.31. The Hall–Kier alpha value is -0.730. The molecule has 1 unspecified atom stereocenters. The van der Waals surface area contributed by atoms with Gasteiger partial charge >= 0.3 is 6.09 Å². The standard InChI is InChI=1S/C11H21NO2/c1-6-11(5)7-8(11)12-9(13)14-10(2,3)4/h8H,6-7H2,1-5H3,(H,12,13)/t8?,11-/m1/s1. The van der Waals surface area contributed by atoms with Crippen LogP contribution in [0.15, 0.2) is 0 Å². The third-order valence-electron chi connectivity index (χ3n) is 2.85. The van der Waals surface area contributed by atoms with Gasteiger partial charge in [0.1, 0.15) is 5.60 Å². The number of rotatable bonds is 2. The molecule has 1 saturated carbocycles. The summed E-state index contributed by atoms with van der Waals surface area (Å²) < 4.78 is 5.18. The topological polar surface area (TPSA) is 38.3 Å². The Morgan fingerprint density at radius 2 is 2.14 bits per heavy atom. The fourth-order valence-electron chi connectivity index (χ4n) is 1.47. The van der Waals surface area contributed by atoms with Gasteiger partial charge in [-0.3, -0.25) is 0 Å². The minimum atomic E-state index is -0.401. The van der Waals surface area contributed by atoms with Crippen LogP contribution < -0.4 is 5.32 Å². The van der Waals surface area contributed by atoms with Gasteiger partial charge in [-0.25, -0.2) is 4.79 Å². The molecule has 0 aromatic heterocycles. The first-order chi connectivity index (χ1) is 6.27. The van der Waals surface area contributed by atoms with E-state index in [1.54, 1.807) is 0 Å². The first-order valence-electron chi connectivity index (χ1n) is 5.26. The normalized spacial score (nSPS) is 31.1. The lowest BCUT2D eigenvalue weighted by molar-refractivity contribution is 0.0516. The molecule has 0 heterocycles. The van der Waals surface area contributed by atoms with Crippen molar-refractivity contribution in [1.29, 1.82) is 0 Å². The van der Waals surface area contributed by atoms with Crippen LogP contribution in [0.25, 0.3) is 0 Å². The number of hydrogen-bond donors (Lipinski definition) is 1. The van der Waals surface area contributed by atoms with Crippen molar-refractivity contribution in [2.45, 2.75) is 59.1 Å². The summed E-state index contributed by atoms with van der Waals surface area (Å²) in [5, 5.41) is 2.89. The Labute approximate surface area is 86.2 Å². The summed E-state index contributed by atoms with van der Waals surface area (Å²) >= 11 is 0. The molecule has 0 saturated heterocycles. The molecule has 1 amide bonds. The van der Waals surface area contributed by atoms with Gasteiger partial charge in [0.25, 0.3) is 0 Å². The second-order valence-corrected chi connectivity index (χ2v) is 5.41. The third kappa shape index (κ3) is 2.89. The number of carbonyl (C=O) groups is 1. The molecule has 14 heavy (non-hydrogen) atoms. The molecule has 3 nitrogen and oxygen atoms in total. The van der Waals surface area contributed by atoms with Gasteiger partial charge in [0.05, 0.1) is 0 Å². The summed E-state index contributed by atoms with van der Waals surface area (Å²) in [6, 6.07) is 0.308. The molecule has 0 aromatic rings. The maximum absolute atomic E-state index is 11.4. The molecule has 0 spiro atoms. The highest BCUT2D eigenvalue weighted by Crippen LogP contribution is 2.48. The minimum Gasteiger partial charge on any atom is -0.444 e. The molecule has 3 heteroatoms. The fraction of sp³-hybridized carbons (Fsp3) is 0.909. The number of hydrogen-bond acceptors (Lipinski definition) is 2. The number of ether oxygens (including phenoxy) is 1. The van der Waals surface area contributed by atoms with E-state index in [0.717, 1.165) is 12.8 Å². The molecule has 1 N–H and O–H groups in total. The lowest BCUT2D eigenvalue weighted by Gasteiger charge is -2.20. The van der Waals surface area contributed by atoms with Gasteiger partial charge in [-0.2, -0.15) is 0 Å². The van der Waals surface area contributed by atoms with Gasteiger partial charge in [-0.05, 0) is 39.0 Å². The zero-order valence-electron chi connectivity index (χ0n) is 9.81. The number of carbonyl (C=O) groups excluding carboxylic acids is 1. The maximum Gasteiger partial charge on any atom is 0.407 e. The van der Waals surface area contributed by atoms with E-state index in [4.69, 9.17) is 4.74 Å². The van der Waals surface area contributed by atoms with Gasteiger partial charge in [-0.1, -0.05) is 13.8 Å². The molecule has 1 fully saturated rings. The largest absolute Gasteiger partial charge is 0.444 e. The third-order valence-corrected chi connectivity index (χ3v) is 2.85. The zero-order valence-corrected chi connectivity index (χ0v) is 9.81. The Morgan fingerprint density at radius 1 is 1.57 bits per heavy atom. The quantitative estimate of drug-likeness (QED) is 0.742. The van der Waals surface area contributed by atoms with E-state index in [1.807, 2.05) is 20.8 Å². The summed E-state index contributed by atoms with van der Waals surface area (Å²) in [5.41, 5.74) is -0.0987. The molecule has 1 aliphatic rings. The highest BCUT2D eigenvalue weighted by atomic mass is 16.6. The molecule has 0 radical (unpaired) electrons. The van der Waals surface area contributed by atoms with Crippen molar-refractivity contribution < 1.29 is 9.53 Å². The monoisotopic (exact) mass is 199 g/mol. The first-order valence-corrected chi connectivity index (χ1v) is 5.26. The van der Waals surface area contributed by atoms with E-state index >= 15 is 0 Å². The van der Waals surface area contributed by atoms with Crippen LogP contribution in [0.1, 0.15) is 47.5 Å². The Bertz CT molecular complexity index is 232. The van der Waals surface area contributed by atoms with Gasteiger partial charge in [0.15, 0.2) is 0 Å². The molecule has 1 rings (SSSR count). The zero-order chi connectivity index (χ0) is 11.0. The van der Waals surface area contributed by atoms with Gasteiger partial charge in [0, 0.05) is 6.04 Å². The van der Waals surface area contributed by atoms with E-state index in [1.165, 1.54) is 0 Å². The van der Waals surface area contributed by atoms with Crippen LogP contribution in [0, 0.1) is 5.41 Å². The summed E-state index contributed by atoms with van der Waals surface area (Å²) in [6.07, 6.45) is 1.88. The maximum atomic E-state index is 11.4. The van der Waals surface area contributed by atoms with Crippen molar-refractivity contribution in [1.82, 2.24) is 5.32 Å². The van der Waals surface area contributed by atoms with Crippen molar-refractivity contribution in [2.24, 2.45) is 5.41 Å². The SMILES string of the molecule is CC[C@]1(C)CC1NC(=O)OC(C)(C)C. The number of amides is 1. The predicted octanol–water partition coefficient (Wildman–Crippen LogP) is 2.70. The molecule has 0 aromatic carbocycles. The number of nitrogens with one attached hydrogen (secondary N) is 1. The Morgan fingerprint density at radius 3 is 2.50 bits per heavy atom. The van der Waals surface area contributed by atoms with Crippen molar-refractivity contribution in [3.05, 3.63) is 0 Å². The highest BCUT2D eigenvalue weighted by molar-refractivity contribution is 5.68. The van der Waals surface area contributed by atoms with Crippen LogP contribution >= 0.6 is 0 Å². The van der Waals surface area contributed by atoms with Crippen molar-refractivity contribution in [3.63, 3.8) is 0 Å². The molecule has 82 valence electrons. The number of alkyl carbamates (subject to hydrolysis) is 1. The molecule has 0 aliphatic heterocycles. The molecular weight excluding hydrogens is 178 g/mol. The van der Waals surface area contributed by atoms with Crippen molar-refractivity contribution >= 4 is 6.09 Å². The van der Waals surface area contributed by atoms with Crippen LogP contribution in [0.2, 0.25) is 0 Å². The van der Waals surface area contributed by atoms with Crippen LogP contribution in [0.4, 0.5) is 4.79 Å². The molecular formula is C11H21NO2. The van der Waals surface area contributed by atoms with Gasteiger partial charge in [0.2, 0.25) is 0 Å². The van der Waals surface area contributed by atoms with E-state index < -0.39 is 5.60 Å². The molecule has 2 atom stereocenters. The van der Waals surface area contributed by atoms with Crippen LogP contribution in [-0.2, 0) is 4.74 Å². The summed E-state index contributed by atoms with van der Waals surface area (Å²) in [7, 11) is 0. The molecule has 0 bridgehead atoms. The van der Waals surface area contributed by atoms with Gasteiger partial charge < -0.3 is 10.1 Å². The second-order valence-electron chi connectivity index (χ2n) is 5.41. The smallest absolute Gasteiger partial charge is 0.407 e. The first kappa shape index (κ1) is 11.3. The Kier molecular flexibility index (Phi) is 2.79. The summed E-state index contributed by atoms with van der Waals surface area (Å²) in [4.78, 5) is 11.4. The predicted molar refractivity (Wildman–Crippen MR) is 56.2 cm³/mol. The van der Waals surface area contributed by atoms with Crippen LogP contribution in [0.5, 0.6) is 0 Å². The molecule has 1 aliphatic carbocycles. The van der Waals surface area contributed by atoms with E-state index in [2.05, 4.69) is 19.2 Å². The summed E-state index contributed by atoms with van der Waals surface area (Å²) in [6.45, 7) is 9.96. The minimum absolute atomic E-state index is 0.292. The lowest BCUT2D eigenvalue weighted by atomic mass is 10.1. The fourth-order valence-corrected chi connectivity index (χ4v) is 1.47. The highest BCUT2D eigenvalue weighted by Gasteiger charge is 2.49. The lowest BCUT2D eigenvalue weighted by Crippen LogP contribution is -2.35. The summed E-state index contributed by atoms with van der Waals surface area (Å²) in [5.74, 6) is 0.